The van der Waals surface area contributed by atoms with E-state index in [1.807, 2.05) is 5.43 Å². The Morgan fingerprint density at radius 2 is 1.71 bits per heavy atom. The van der Waals surface area contributed by atoms with Crippen LogP contribution in [0.4, 0.5) is 4.39 Å². The summed E-state index contributed by atoms with van der Waals surface area (Å²) in [7, 11) is 0. The molecule has 0 bridgehead atoms. The van der Waals surface area contributed by atoms with Crippen LogP contribution in [0.25, 0.3) is 0 Å². The van der Waals surface area contributed by atoms with E-state index in [0.717, 1.165) is 6.07 Å². The van der Waals surface area contributed by atoms with E-state index in [4.69, 9.17) is 17.3 Å². The molecule has 0 radical (unpaired) electrons. The number of halogens is 1. The number of hydrogen-bond donors (Lipinski definition) is 4. The molecule has 0 aliphatic carbocycles. The zero-order valence-electron chi connectivity index (χ0n) is 11.1. The van der Waals surface area contributed by atoms with Gasteiger partial charge < -0.3 is 11.5 Å². The van der Waals surface area contributed by atoms with Crippen LogP contribution < -0.4 is 22.7 Å². The molecule has 8 nitrogen and oxygen atoms in total. The smallest absolute Gasteiger partial charge is 0.265 e. The van der Waals surface area contributed by atoms with Crippen molar-refractivity contribution in [3.63, 3.8) is 0 Å². The van der Waals surface area contributed by atoms with E-state index in [-0.39, 0.29) is 30.8 Å². The predicted octanol–water partition coefficient (Wildman–Crippen LogP) is -1.80. The molecule has 0 unspecified atom stereocenters. The summed E-state index contributed by atoms with van der Waals surface area (Å²) < 4.78 is 13.8. The van der Waals surface area contributed by atoms with Gasteiger partial charge in [0.1, 0.15) is 5.82 Å². The van der Waals surface area contributed by atoms with Crippen LogP contribution in [0.5, 0.6) is 0 Å². The Kier molecular flexibility index (Phi) is 5.76. The Labute approximate surface area is 120 Å². The number of carbonyl (C=O) groups excluding carboxylic acids is 3. The molecule has 1 aromatic carbocycles. The van der Waals surface area contributed by atoms with Crippen molar-refractivity contribution in [3.05, 3.63) is 35.1 Å². The molecule has 0 saturated carbocycles. The molecule has 0 heterocycles. The number of rotatable bonds is 7. The van der Waals surface area contributed by atoms with Gasteiger partial charge in [0.25, 0.3) is 5.91 Å². The lowest BCUT2D eigenvalue weighted by atomic mass is 10.1. The molecule has 0 spiro atoms. The van der Waals surface area contributed by atoms with Gasteiger partial charge in [-0.1, -0.05) is 0 Å². The quantitative estimate of drug-likeness (QED) is 0.266. The van der Waals surface area contributed by atoms with Crippen molar-refractivity contribution in [2.45, 2.75) is 6.54 Å². The summed E-state index contributed by atoms with van der Waals surface area (Å²) in [4.78, 5) is 34.6. The minimum absolute atomic E-state index is 0.108. The monoisotopic (exact) mass is 297 g/mol. The minimum atomic E-state index is -0.687. The van der Waals surface area contributed by atoms with Crippen molar-refractivity contribution >= 4 is 17.7 Å². The molecular weight excluding hydrogens is 281 g/mol. The predicted molar refractivity (Wildman–Crippen MR) is 71.7 cm³/mol. The number of hydrogen-bond acceptors (Lipinski definition) is 5. The van der Waals surface area contributed by atoms with Crippen LogP contribution in [0.3, 0.4) is 0 Å². The standard InChI is InChI=1S/C12H16FN5O3/c13-9-2-1-7(12(21)17-16)3-8(9)4-18(5-10(14)19)6-11(15)20/h1-3H,4-6,16H2,(H2,14,19)(H2,15,20)(H,17,21). The first kappa shape index (κ1) is 16.5. The molecule has 0 saturated heterocycles. The summed E-state index contributed by atoms with van der Waals surface area (Å²) in [6.07, 6.45) is 0. The van der Waals surface area contributed by atoms with Crippen molar-refractivity contribution in [3.8, 4) is 0 Å². The van der Waals surface area contributed by atoms with E-state index in [2.05, 4.69) is 0 Å². The van der Waals surface area contributed by atoms with Crippen LogP contribution in [-0.4, -0.2) is 35.7 Å². The summed E-state index contributed by atoms with van der Waals surface area (Å²) in [5.74, 6) is 2.44. The third-order valence-corrected chi connectivity index (χ3v) is 2.59. The largest absolute Gasteiger partial charge is 0.369 e. The Balaban J connectivity index is 2.98. The number of hydrazine groups is 1. The molecular formula is C12H16FN5O3. The van der Waals surface area contributed by atoms with Gasteiger partial charge in [0.05, 0.1) is 13.1 Å². The fourth-order valence-corrected chi connectivity index (χ4v) is 1.77. The molecule has 0 fully saturated rings. The van der Waals surface area contributed by atoms with Crippen LogP contribution in [0.15, 0.2) is 18.2 Å². The zero-order chi connectivity index (χ0) is 16.0. The molecule has 0 aliphatic heterocycles. The van der Waals surface area contributed by atoms with Gasteiger partial charge in [-0.05, 0) is 18.2 Å². The number of carbonyl (C=O) groups is 3. The van der Waals surface area contributed by atoms with Crippen molar-refractivity contribution in [2.24, 2.45) is 17.3 Å². The summed E-state index contributed by atoms with van der Waals surface area (Å²) in [6.45, 7) is -0.644. The number of nitrogens with one attached hydrogen (secondary N) is 1. The summed E-state index contributed by atoms with van der Waals surface area (Å²) >= 11 is 0. The highest BCUT2D eigenvalue weighted by molar-refractivity contribution is 5.93. The van der Waals surface area contributed by atoms with Gasteiger partial charge in [-0.3, -0.25) is 24.7 Å². The highest BCUT2D eigenvalue weighted by Gasteiger charge is 2.15. The Morgan fingerprint density at radius 3 is 2.19 bits per heavy atom. The normalized spacial score (nSPS) is 10.4. The lowest BCUT2D eigenvalue weighted by molar-refractivity contribution is -0.122. The Hall–Kier alpha value is -2.52. The fourth-order valence-electron chi connectivity index (χ4n) is 1.77. The molecule has 0 aliphatic rings. The number of nitrogens with zero attached hydrogens (tertiary/aromatic N) is 1. The molecule has 1 aromatic rings. The van der Waals surface area contributed by atoms with Crippen LogP contribution in [0, 0.1) is 5.82 Å². The Bertz CT molecular complexity index is 548. The first-order chi connectivity index (χ1) is 9.83. The van der Waals surface area contributed by atoms with Crippen LogP contribution >= 0.6 is 0 Å². The van der Waals surface area contributed by atoms with Crippen molar-refractivity contribution < 1.29 is 18.8 Å². The van der Waals surface area contributed by atoms with Crippen LogP contribution in [-0.2, 0) is 16.1 Å². The zero-order valence-corrected chi connectivity index (χ0v) is 11.1. The van der Waals surface area contributed by atoms with E-state index in [9.17, 15) is 18.8 Å². The van der Waals surface area contributed by atoms with Crippen LogP contribution in [0.1, 0.15) is 15.9 Å². The average molecular weight is 297 g/mol. The summed E-state index contributed by atoms with van der Waals surface area (Å²) in [5.41, 5.74) is 12.3. The van der Waals surface area contributed by atoms with Gasteiger partial charge >= 0.3 is 0 Å². The second kappa shape index (κ2) is 7.31. The maximum Gasteiger partial charge on any atom is 0.265 e. The Morgan fingerprint density at radius 1 is 1.14 bits per heavy atom. The molecule has 0 atom stereocenters. The fraction of sp³-hybridized carbons (Fsp3) is 0.250. The lowest BCUT2D eigenvalue weighted by Gasteiger charge is -2.19. The number of nitrogen functional groups attached to an aromatic ring is 1. The summed E-state index contributed by atoms with van der Waals surface area (Å²) in [6, 6.07) is 3.62. The number of primary amides is 2. The maximum absolute atomic E-state index is 13.8. The minimum Gasteiger partial charge on any atom is -0.369 e. The molecule has 1 rings (SSSR count). The first-order valence-electron chi connectivity index (χ1n) is 5.91. The van der Waals surface area contributed by atoms with E-state index in [0.29, 0.717) is 0 Å². The molecule has 0 aromatic heterocycles. The topological polar surface area (TPSA) is 145 Å². The summed E-state index contributed by atoms with van der Waals surface area (Å²) in [5, 5.41) is 0. The molecule has 7 N–H and O–H groups in total. The first-order valence-corrected chi connectivity index (χ1v) is 5.91. The van der Waals surface area contributed by atoms with E-state index < -0.39 is 23.5 Å². The van der Waals surface area contributed by atoms with Crippen molar-refractivity contribution in [1.29, 1.82) is 0 Å². The maximum atomic E-state index is 13.8. The SMILES string of the molecule is NNC(=O)c1ccc(F)c(CN(CC(N)=O)CC(N)=O)c1. The lowest BCUT2D eigenvalue weighted by Crippen LogP contribution is -2.39. The molecule has 114 valence electrons. The molecule has 9 heteroatoms. The van der Waals surface area contributed by atoms with Crippen molar-refractivity contribution in [2.75, 3.05) is 13.1 Å². The van der Waals surface area contributed by atoms with E-state index in [1.165, 1.54) is 17.0 Å². The second-order valence-electron chi connectivity index (χ2n) is 4.36. The average Bonchev–Trinajstić information content (AvgIpc) is 2.38. The number of benzene rings is 1. The number of nitrogens with two attached hydrogens (primary N) is 3. The third kappa shape index (κ3) is 5.16. The van der Waals surface area contributed by atoms with Gasteiger partial charge in [-0.25, -0.2) is 10.2 Å². The van der Waals surface area contributed by atoms with Gasteiger partial charge in [0.2, 0.25) is 11.8 Å². The van der Waals surface area contributed by atoms with Crippen LogP contribution in [0.2, 0.25) is 0 Å². The van der Waals surface area contributed by atoms with Gasteiger partial charge in [0, 0.05) is 17.7 Å². The highest BCUT2D eigenvalue weighted by atomic mass is 19.1. The number of amides is 3. The molecule has 21 heavy (non-hydrogen) atoms. The molecule has 3 amide bonds. The van der Waals surface area contributed by atoms with E-state index >= 15 is 0 Å². The van der Waals surface area contributed by atoms with Gasteiger partial charge in [0.15, 0.2) is 0 Å². The second-order valence-corrected chi connectivity index (χ2v) is 4.36. The van der Waals surface area contributed by atoms with Gasteiger partial charge in [-0.15, -0.1) is 0 Å². The van der Waals surface area contributed by atoms with Crippen molar-refractivity contribution in [1.82, 2.24) is 10.3 Å². The highest BCUT2D eigenvalue weighted by Crippen LogP contribution is 2.13. The van der Waals surface area contributed by atoms with Gasteiger partial charge in [-0.2, -0.15) is 0 Å². The third-order valence-electron chi connectivity index (χ3n) is 2.59. The van der Waals surface area contributed by atoms with E-state index in [1.54, 1.807) is 0 Å².